The fourth-order valence-corrected chi connectivity index (χ4v) is 2.80. The van der Waals surface area contributed by atoms with Gasteiger partial charge in [0, 0.05) is 24.8 Å². The highest BCUT2D eigenvalue weighted by molar-refractivity contribution is 5.31. The standard InChI is InChI=1S/C17H20N2O3/c1-21-14-4-6-15(7-5-14)22-19-11-8-13(9-12-19)16-3-2-10-18-17(16)20/h2-7,10,13H,8-9,11-12H2,1H3,(H,18,20). The molecule has 5 heteroatoms. The minimum atomic E-state index is 0.0250. The van der Waals surface area contributed by atoms with E-state index >= 15 is 0 Å². The van der Waals surface area contributed by atoms with E-state index in [0.717, 1.165) is 43.0 Å². The number of hydrogen-bond donors (Lipinski definition) is 1. The van der Waals surface area contributed by atoms with Crippen molar-refractivity contribution >= 4 is 0 Å². The Bertz CT molecular complexity index is 658. The van der Waals surface area contributed by atoms with Crippen LogP contribution in [-0.2, 0) is 0 Å². The van der Waals surface area contributed by atoms with E-state index in [2.05, 4.69) is 4.98 Å². The van der Waals surface area contributed by atoms with Gasteiger partial charge in [0.15, 0.2) is 0 Å². The molecule has 1 aliphatic rings. The smallest absolute Gasteiger partial charge is 0.251 e. The second kappa shape index (κ2) is 6.66. The van der Waals surface area contributed by atoms with E-state index < -0.39 is 0 Å². The topological polar surface area (TPSA) is 54.6 Å². The van der Waals surface area contributed by atoms with E-state index in [1.54, 1.807) is 13.3 Å². The Hall–Kier alpha value is -2.27. The summed E-state index contributed by atoms with van der Waals surface area (Å²) in [6, 6.07) is 11.4. The predicted molar refractivity (Wildman–Crippen MR) is 84.2 cm³/mol. The SMILES string of the molecule is COc1ccc(ON2CCC(c3ccc[nH]c3=O)CC2)cc1. The number of pyridine rings is 1. The first kappa shape index (κ1) is 14.7. The van der Waals surface area contributed by atoms with E-state index in [9.17, 15) is 4.79 Å². The van der Waals surface area contributed by atoms with Crippen molar-refractivity contribution in [2.24, 2.45) is 0 Å². The second-order valence-corrected chi connectivity index (χ2v) is 5.42. The zero-order valence-corrected chi connectivity index (χ0v) is 12.6. The number of piperidine rings is 1. The molecule has 0 amide bonds. The predicted octanol–water partition coefficient (Wildman–Crippen LogP) is 2.56. The molecule has 1 aliphatic heterocycles. The summed E-state index contributed by atoms with van der Waals surface area (Å²) in [5.41, 5.74) is 0.906. The maximum atomic E-state index is 11.8. The van der Waals surface area contributed by atoms with Crippen LogP contribution in [0.2, 0.25) is 0 Å². The summed E-state index contributed by atoms with van der Waals surface area (Å²) in [5.74, 6) is 1.92. The van der Waals surface area contributed by atoms with Gasteiger partial charge in [-0.05, 0) is 49.1 Å². The number of aromatic amines is 1. The van der Waals surface area contributed by atoms with Gasteiger partial charge in [0.05, 0.1) is 7.11 Å². The largest absolute Gasteiger partial charge is 0.497 e. The number of nitrogens with one attached hydrogen (secondary N) is 1. The molecule has 5 nitrogen and oxygen atoms in total. The monoisotopic (exact) mass is 300 g/mol. The number of ether oxygens (including phenoxy) is 1. The first-order valence-corrected chi connectivity index (χ1v) is 7.51. The van der Waals surface area contributed by atoms with Crippen molar-refractivity contribution in [1.82, 2.24) is 10.0 Å². The van der Waals surface area contributed by atoms with Gasteiger partial charge in [0.25, 0.3) is 5.56 Å². The summed E-state index contributed by atoms with van der Waals surface area (Å²) in [7, 11) is 1.64. The maximum absolute atomic E-state index is 11.8. The molecule has 0 spiro atoms. The maximum Gasteiger partial charge on any atom is 0.251 e. The zero-order chi connectivity index (χ0) is 15.4. The number of hydroxylamine groups is 2. The lowest BCUT2D eigenvalue weighted by molar-refractivity contribution is -0.0757. The van der Waals surface area contributed by atoms with Crippen molar-refractivity contribution in [3.8, 4) is 11.5 Å². The Kier molecular flexibility index (Phi) is 4.44. The van der Waals surface area contributed by atoms with Crippen molar-refractivity contribution in [1.29, 1.82) is 0 Å². The summed E-state index contributed by atoms with van der Waals surface area (Å²) in [5, 5.41) is 1.95. The van der Waals surface area contributed by atoms with Gasteiger partial charge < -0.3 is 14.6 Å². The normalized spacial score (nSPS) is 16.4. The van der Waals surface area contributed by atoms with E-state index in [1.807, 2.05) is 41.5 Å². The molecule has 1 saturated heterocycles. The van der Waals surface area contributed by atoms with Gasteiger partial charge in [0.1, 0.15) is 11.5 Å². The van der Waals surface area contributed by atoms with Gasteiger partial charge in [0.2, 0.25) is 0 Å². The van der Waals surface area contributed by atoms with Crippen molar-refractivity contribution in [2.75, 3.05) is 20.2 Å². The third kappa shape index (κ3) is 3.31. The lowest BCUT2D eigenvalue weighted by Gasteiger charge is -2.31. The molecule has 116 valence electrons. The number of aromatic nitrogens is 1. The summed E-state index contributed by atoms with van der Waals surface area (Å²) in [6.07, 6.45) is 3.51. The van der Waals surface area contributed by atoms with Crippen LogP contribution in [0.15, 0.2) is 47.4 Å². The van der Waals surface area contributed by atoms with Gasteiger partial charge in [-0.1, -0.05) is 6.07 Å². The fraction of sp³-hybridized carbons (Fsp3) is 0.353. The molecule has 1 aromatic heterocycles. The molecule has 0 atom stereocenters. The number of benzene rings is 1. The zero-order valence-electron chi connectivity index (χ0n) is 12.6. The molecule has 0 saturated carbocycles. The first-order valence-electron chi connectivity index (χ1n) is 7.51. The van der Waals surface area contributed by atoms with Crippen LogP contribution in [-0.4, -0.2) is 30.2 Å². The highest BCUT2D eigenvalue weighted by Crippen LogP contribution is 2.27. The van der Waals surface area contributed by atoms with Crippen molar-refractivity contribution in [2.45, 2.75) is 18.8 Å². The molecule has 2 heterocycles. The molecule has 0 radical (unpaired) electrons. The van der Waals surface area contributed by atoms with E-state index in [0.29, 0.717) is 5.92 Å². The summed E-state index contributed by atoms with van der Waals surface area (Å²) in [6.45, 7) is 1.62. The quantitative estimate of drug-likeness (QED) is 0.943. The molecule has 1 fully saturated rings. The van der Waals surface area contributed by atoms with Crippen LogP contribution >= 0.6 is 0 Å². The average Bonchev–Trinajstić information content (AvgIpc) is 2.57. The Morgan fingerprint density at radius 3 is 2.41 bits per heavy atom. The van der Waals surface area contributed by atoms with Crippen LogP contribution in [0.25, 0.3) is 0 Å². The Balaban J connectivity index is 1.57. The summed E-state index contributed by atoms with van der Waals surface area (Å²) < 4.78 is 5.13. The minimum Gasteiger partial charge on any atom is -0.497 e. The molecule has 3 rings (SSSR count). The van der Waals surface area contributed by atoms with Crippen molar-refractivity contribution in [3.05, 3.63) is 58.5 Å². The van der Waals surface area contributed by atoms with Crippen LogP contribution in [0.1, 0.15) is 24.3 Å². The van der Waals surface area contributed by atoms with E-state index in [1.165, 1.54) is 0 Å². The third-order valence-corrected chi connectivity index (χ3v) is 4.04. The van der Waals surface area contributed by atoms with Crippen LogP contribution < -0.4 is 15.1 Å². The first-order chi connectivity index (χ1) is 10.8. The van der Waals surface area contributed by atoms with Crippen molar-refractivity contribution in [3.63, 3.8) is 0 Å². The number of rotatable bonds is 4. The third-order valence-electron chi connectivity index (χ3n) is 4.04. The molecule has 1 aromatic carbocycles. The molecule has 2 aromatic rings. The Labute approximate surface area is 129 Å². The molecule has 0 bridgehead atoms. The number of H-pyrrole nitrogens is 1. The number of hydrogen-bond acceptors (Lipinski definition) is 4. The van der Waals surface area contributed by atoms with Crippen LogP contribution in [0.3, 0.4) is 0 Å². The molecular formula is C17H20N2O3. The minimum absolute atomic E-state index is 0.0250. The molecule has 22 heavy (non-hydrogen) atoms. The van der Waals surface area contributed by atoms with Crippen LogP contribution in [0, 0.1) is 0 Å². The molecule has 1 N–H and O–H groups in total. The van der Waals surface area contributed by atoms with E-state index in [-0.39, 0.29) is 5.56 Å². The lowest BCUT2D eigenvalue weighted by atomic mass is 9.91. The van der Waals surface area contributed by atoms with Gasteiger partial charge in [-0.25, -0.2) is 0 Å². The number of nitrogens with zero attached hydrogens (tertiary/aromatic N) is 1. The van der Waals surface area contributed by atoms with Gasteiger partial charge in [-0.15, -0.1) is 5.06 Å². The summed E-state index contributed by atoms with van der Waals surface area (Å²) in [4.78, 5) is 20.4. The van der Waals surface area contributed by atoms with Gasteiger partial charge >= 0.3 is 0 Å². The second-order valence-electron chi connectivity index (χ2n) is 5.42. The molecule has 0 unspecified atom stereocenters. The number of methoxy groups -OCH3 is 1. The highest BCUT2D eigenvalue weighted by Gasteiger charge is 2.23. The average molecular weight is 300 g/mol. The summed E-state index contributed by atoms with van der Waals surface area (Å²) >= 11 is 0. The van der Waals surface area contributed by atoms with E-state index in [4.69, 9.17) is 9.57 Å². The Morgan fingerprint density at radius 1 is 1.09 bits per heavy atom. The van der Waals surface area contributed by atoms with Crippen LogP contribution in [0.4, 0.5) is 0 Å². The highest BCUT2D eigenvalue weighted by atomic mass is 16.7. The Morgan fingerprint density at radius 2 is 1.77 bits per heavy atom. The molecule has 0 aliphatic carbocycles. The van der Waals surface area contributed by atoms with Crippen molar-refractivity contribution < 1.29 is 9.57 Å². The van der Waals surface area contributed by atoms with Gasteiger partial charge in [-0.2, -0.15) is 0 Å². The van der Waals surface area contributed by atoms with Crippen LogP contribution in [0.5, 0.6) is 11.5 Å². The fourth-order valence-electron chi connectivity index (χ4n) is 2.80. The lowest BCUT2D eigenvalue weighted by Crippen LogP contribution is -2.36. The van der Waals surface area contributed by atoms with Gasteiger partial charge in [-0.3, -0.25) is 4.79 Å². The molecular weight excluding hydrogens is 280 g/mol.